The zero-order chi connectivity index (χ0) is 13.9. The number of aromatic nitrogens is 1. The van der Waals surface area contributed by atoms with Crippen LogP contribution in [0.1, 0.15) is 57.2 Å². The molecule has 0 radical (unpaired) electrons. The van der Waals surface area contributed by atoms with E-state index in [1.54, 1.807) is 11.3 Å². The highest BCUT2D eigenvalue weighted by molar-refractivity contribution is 7.99. The van der Waals surface area contributed by atoms with Crippen molar-refractivity contribution >= 4 is 23.1 Å². The van der Waals surface area contributed by atoms with Crippen molar-refractivity contribution in [3.63, 3.8) is 0 Å². The first kappa shape index (κ1) is 15.3. The summed E-state index contributed by atoms with van der Waals surface area (Å²) >= 11 is 3.82. The first-order valence-corrected chi connectivity index (χ1v) is 9.37. The van der Waals surface area contributed by atoms with Gasteiger partial charge in [0.05, 0.1) is 5.69 Å². The largest absolute Gasteiger partial charge is 0.308 e. The van der Waals surface area contributed by atoms with Crippen LogP contribution in [-0.2, 0) is 12.0 Å². The van der Waals surface area contributed by atoms with Crippen LogP contribution in [0.4, 0.5) is 0 Å². The highest BCUT2D eigenvalue weighted by atomic mass is 32.2. The lowest BCUT2D eigenvalue weighted by atomic mass is 9.93. The van der Waals surface area contributed by atoms with E-state index in [-0.39, 0.29) is 5.41 Å². The molecule has 1 heterocycles. The van der Waals surface area contributed by atoms with Gasteiger partial charge in [0.2, 0.25) is 0 Å². The van der Waals surface area contributed by atoms with Gasteiger partial charge in [0.25, 0.3) is 0 Å². The summed E-state index contributed by atoms with van der Waals surface area (Å²) < 4.78 is 0. The van der Waals surface area contributed by atoms with Gasteiger partial charge in [0.15, 0.2) is 0 Å². The molecular formula is C15H26N2S2. The van der Waals surface area contributed by atoms with Crippen LogP contribution in [0.5, 0.6) is 0 Å². The average molecular weight is 299 g/mol. The van der Waals surface area contributed by atoms with Gasteiger partial charge in [-0.3, -0.25) is 0 Å². The molecule has 2 nitrogen and oxygen atoms in total. The van der Waals surface area contributed by atoms with E-state index in [0.29, 0.717) is 6.04 Å². The van der Waals surface area contributed by atoms with Gasteiger partial charge >= 0.3 is 0 Å². The Morgan fingerprint density at radius 3 is 2.53 bits per heavy atom. The van der Waals surface area contributed by atoms with Crippen molar-refractivity contribution in [1.29, 1.82) is 0 Å². The van der Waals surface area contributed by atoms with Crippen molar-refractivity contribution < 1.29 is 0 Å². The lowest BCUT2D eigenvalue weighted by Crippen LogP contribution is -2.33. The van der Waals surface area contributed by atoms with Crippen molar-refractivity contribution in [1.82, 2.24) is 10.3 Å². The number of hydrogen-bond acceptors (Lipinski definition) is 4. The van der Waals surface area contributed by atoms with Crippen LogP contribution >= 0.6 is 23.1 Å². The van der Waals surface area contributed by atoms with Gasteiger partial charge in [0.1, 0.15) is 5.01 Å². The van der Waals surface area contributed by atoms with Gasteiger partial charge in [0, 0.05) is 28.6 Å². The first-order valence-electron chi connectivity index (χ1n) is 7.20. The average Bonchev–Trinajstić information content (AvgIpc) is 2.86. The van der Waals surface area contributed by atoms with Gasteiger partial charge in [-0.1, -0.05) is 20.8 Å². The number of hydrogen-bond donors (Lipinski definition) is 1. The lowest BCUT2D eigenvalue weighted by Gasteiger charge is -2.27. The highest BCUT2D eigenvalue weighted by Gasteiger charge is 2.21. The van der Waals surface area contributed by atoms with Crippen molar-refractivity contribution in [2.45, 2.75) is 69.7 Å². The van der Waals surface area contributed by atoms with Crippen LogP contribution in [0.2, 0.25) is 0 Å². The standard InChI is InChI=1S/C15H26N2S2/c1-15(2,3)13-10-19-14(17-13)9-16-11-5-7-12(18-4)8-6-11/h10-12,16H,5-9H2,1-4H3. The number of nitrogens with zero attached hydrogens (tertiary/aromatic N) is 1. The molecule has 19 heavy (non-hydrogen) atoms. The van der Waals surface area contributed by atoms with Gasteiger partial charge in [-0.25, -0.2) is 4.98 Å². The van der Waals surface area contributed by atoms with Crippen molar-refractivity contribution in [3.05, 3.63) is 16.1 Å². The maximum Gasteiger partial charge on any atom is 0.107 e. The van der Waals surface area contributed by atoms with E-state index in [1.807, 2.05) is 11.8 Å². The Hall–Kier alpha value is -0.0600. The molecule has 0 amide bonds. The van der Waals surface area contributed by atoms with Gasteiger partial charge in [-0.05, 0) is 31.9 Å². The quantitative estimate of drug-likeness (QED) is 0.901. The molecule has 0 spiro atoms. The van der Waals surface area contributed by atoms with Crippen LogP contribution in [0.25, 0.3) is 0 Å². The van der Waals surface area contributed by atoms with Crippen LogP contribution < -0.4 is 5.32 Å². The number of nitrogens with one attached hydrogen (secondary N) is 1. The fourth-order valence-corrected chi connectivity index (χ4v) is 4.19. The zero-order valence-corrected chi connectivity index (χ0v) is 14.2. The second kappa shape index (κ2) is 6.59. The van der Waals surface area contributed by atoms with E-state index in [4.69, 9.17) is 4.98 Å². The molecular weight excluding hydrogens is 272 g/mol. The monoisotopic (exact) mass is 298 g/mol. The maximum absolute atomic E-state index is 4.75. The van der Waals surface area contributed by atoms with Crippen molar-refractivity contribution in [2.75, 3.05) is 6.26 Å². The molecule has 1 N–H and O–H groups in total. The Balaban J connectivity index is 1.78. The Bertz CT molecular complexity index is 387. The molecule has 1 saturated carbocycles. The van der Waals surface area contributed by atoms with E-state index in [2.05, 4.69) is 37.7 Å². The summed E-state index contributed by atoms with van der Waals surface area (Å²) in [6.45, 7) is 7.62. The third-order valence-electron chi connectivity index (χ3n) is 3.87. The van der Waals surface area contributed by atoms with E-state index >= 15 is 0 Å². The summed E-state index contributed by atoms with van der Waals surface area (Å²) in [6.07, 6.45) is 7.61. The zero-order valence-electron chi connectivity index (χ0n) is 12.5. The predicted octanol–water partition coefficient (Wildman–Crippen LogP) is 4.20. The Morgan fingerprint density at radius 2 is 2.00 bits per heavy atom. The van der Waals surface area contributed by atoms with Gasteiger partial charge < -0.3 is 5.32 Å². The summed E-state index contributed by atoms with van der Waals surface area (Å²) in [5.41, 5.74) is 1.39. The Labute approximate surface area is 125 Å². The molecule has 4 heteroatoms. The third-order valence-corrected chi connectivity index (χ3v) is 5.86. The van der Waals surface area contributed by atoms with Crippen LogP contribution in [0.15, 0.2) is 5.38 Å². The maximum atomic E-state index is 4.75. The first-order chi connectivity index (χ1) is 8.99. The molecule has 1 aliphatic carbocycles. The molecule has 0 aromatic carbocycles. The topological polar surface area (TPSA) is 24.9 Å². The number of thiazole rings is 1. The molecule has 1 fully saturated rings. The lowest BCUT2D eigenvalue weighted by molar-refractivity contribution is 0.378. The SMILES string of the molecule is CSC1CCC(NCc2nc(C(C)(C)C)cs2)CC1. The normalized spacial score (nSPS) is 24.6. The minimum atomic E-state index is 0.172. The van der Waals surface area contributed by atoms with E-state index in [0.717, 1.165) is 11.8 Å². The predicted molar refractivity (Wildman–Crippen MR) is 87.2 cm³/mol. The molecule has 2 rings (SSSR count). The third kappa shape index (κ3) is 4.47. The van der Waals surface area contributed by atoms with Crippen LogP contribution in [0.3, 0.4) is 0 Å². The summed E-state index contributed by atoms with van der Waals surface area (Å²) in [6, 6.07) is 0.699. The van der Waals surface area contributed by atoms with Crippen molar-refractivity contribution in [3.8, 4) is 0 Å². The summed E-state index contributed by atoms with van der Waals surface area (Å²) in [5.74, 6) is 0. The Kier molecular flexibility index (Phi) is 5.32. The van der Waals surface area contributed by atoms with E-state index < -0.39 is 0 Å². The smallest absolute Gasteiger partial charge is 0.107 e. The highest BCUT2D eigenvalue weighted by Crippen LogP contribution is 2.27. The molecule has 0 unspecified atom stereocenters. The molecule has 1 aromatic rings. The number of thioether (sulfide) groups is 1. The fourth-order valence-electron chi connectivity index (χ4n) is 2.47. The summed E-state index contributed by atoms with van der Waals surface area (Å²) in [5, 5.41) is 8.02. The molecule has 1 aromatic heterocycles. The second-order valence-corrected chi connectivity index (χ2v) is 8.55. The summed E-state index contributed by atoms with van der Waals surface area (Å²) in [4.78, 5) is 4.75. The minimum absolute atomic E-state index is 0.172. The minimum Gasteiger partial charge on any atom is -0.308 e. The van der Waals surface area contributed by atoms with E-state index in [9.17, 15) is 0 Å². The molecule has 1 aliphatic rings. The van der Waals surface area contributed by atoms with Crippen LogP contribution in [-0.4, -0.2) is 22.5 Å². The van der Waals surface area contributed by atoms with Gasteiger partial charge in [-0.2, -0.15) is 11.8 Å². The van der Waals surface area contributed by atoms with E-state index in [1.165, 1.54) is 36.4 Å². The van der Waals surface area contributed by atoms with Crippen molar-refractivity contribution in [2.24, 2.45) is 0 Å². The molecule has 0 aliphatic heterocycles. The molecule has 0 bridgehead atoms. The summed E-state index contributed by atoms with van der Waals surface area (Å²) in [7, 11) is 0. The molecule has 0 atom stereocenters. The number of rotatable bonds is 4. The van der Waals surface area contributed by atoms with Crippen LogP contribution in [0, 0.1) is 0 Å². The fraction of sp³-hybridized carbons (Fsp3) is 0.800. The molecule has 0 saturated heterocycles. The molecule has 108 valence electrons. The Morgan fingerprint density at radius 1 is 1.32 bits per heavy atom. The second-order valence-electron chi connectivity index (χ2n) is 6.47. The van der Waals surface area contributed by atoms with Gasteiger partial charge in [-0.15, -0.1) is 11.3 Å².